The van der Waals surface area contributed by atoms with Gasteiger partial charge in [0.1, 0.15) is 18.1 Å². The fourth-order valence-electron chi connectivity index (χ4n) is 3.15. The fraction of sp³-hybridized carbons (Fsp3) is 0.0435. The number of benzene rings is 3. The Bertz CT molecular complexity index is 1240. The monoisotopic (exact) mass is 449 g/mol. The molecule has 3 aromatic carbocycles. The number of urea groups is 1. The van der Waals surface area contributed by atoms with Crippen LogP contribution in [0.3, 0.4) is 0 Å². The molecule has 1 heterocycles. The molecule has 1 N–H and O–H groups in total. The number of non-ortho nitro benzene ring substituents is 1. The lowest BCUT2D eigenvalue weighted by Crippen LogP contribution is -2.30. The van der Waals surface area contributed by atoms with Crippen molar-refractivity contribution in [2.75, 3.05) is 4.90 Å². The number of nitro groups is 1. The van der Waals surface area contributed by atoms with Crippen LogP contribution in [0.2, 0.25) is 5.02 Å². The topological polar surface area (TPSA) is 102 Å². The minimum Gasteiger partial charge on any atom is -0.488 e. The molecule has 9 heteroatoms. The van der Waals surface area contributed by atoms with E-state index >= 15 is 0 Å². The molecule has 0 aliphatic carbocycles. The van der Waals surface area contributed by atoms with Crippen LogP contribution in [-0.4, -0.2) is 16.9 Å². The van der Waals surface area contributed by atoms with Gasteiger partial charge in [-0.25, -0.2) is 9.69 Å². The van der Waals surface area contributed by atoms with Crippen molar-refractivity contribution in [3.63, 3.8) is 0 Å². The summed E-state index contributed by atoms with van der Waals surface area (Å²) in [6, 6.07) is 19.0. The van der Waals surface area contributed by atoms with E-state index in [1.165, 1.54) is 24.3 Å². The van der Waals surface area contributed by atoms with E-state index in [2.05, 4.69) is 5.32 Å². The Morgan fingerprint density at radius 2 is 1.78 bits per heavy atom. The van der Waals surface area contributed by atoms with Gasteiger partial charge in [-0.1, -0.05) is 35.9 Å². The van der Waals surface area contributed by atoms with Crippen molar-refractivity contribution in [1.82, 2.24) is 5.32 Å². The van der Waals surface area contributed by atoms with E-state index in [4.69, 9.17) is 16.3 Å². The molecule has 0 unspecified atom stereocenters. The Labute approximate surface area is 187 Å². The minimum atomic E-state index is -0.576. The van der Waals surface area contributed by atoms with Crippen LogP contribution in [0.4, 0.5) is 16.2 Å². The Kier molecular flexibility index (Phi) is 5.87. The maximum absolute atomic E-state index is 12.8. The number of carbonyl (C=O) groups excluding carboxylic acids is 2. The molecule has 0 radical (unpaired) electrons. The molecule has 1 aliphatic heterocycles. The molecule has 32 heavy (non-hydrogen) atoms. The Balaban J connectivity index is 1.54. The molecule has 3 amide bonds. The first-order valence-corrected chi connectivity index (χ1v) is 9.88. The molecule has 4 rings (SSSR count). The zero-order chi connectivity index (χ0) is 22.7. The van der Waals surface area contributed by atoms with E-state index in [0.717, 1.165) is 10.5 Å². The second-order valence-corrected chi connectivity index (χ2v) is 7.30. The standard InChI is InChI=1S/C23H16ClN3O5/c24-17-5-3-6-19(13-17)26-22(28)20(25-23(26)29)12-16-4-1-2-7-21(16)32-14-15-8-10-18(11-9-15)27(30)31/h1-13H,14H2,(H,25,29)/b20-12+. The van der Waals surface area contributed by atoms with Gasteiger partial charge in [-0.3, -0.25) is 14.9 Å². The van der Waals surface area contributed by atoms with E-state index in [1.807, 2.05) is 0 Å². The number of rotatable bonds is 6. The summed E-state index contributed by atoms with van der Waals surface area (Å²) in [6.07, 6.45) is 1.54. The van der Waals surface area contributed by atoms with Crippen LogP contribution in [0.5, 0.6) is 5.75 Å². The molecule has 160 valence electrons. The fourth-order valence-corrected chi connectivity index (χ4v) is 3.33. The second kappa shape index (κ2) is 8.91. The average molecular weight is 450 g/mol. The Morgan fingerprint density at radius 3 is 2.50 bits per heavy atom. The van der Waals surface area contributed by atoms with Gasteiger partial charge in [-0.15, -0.1) is 0 Å². The lowest BCUT2D eigenvalue weighted by molar-refractivity contribution is -0.384. The molecule has 3 aromatic rings. The summed E-state index contributed by atoms with van der Waals surface area (Å²) in [5.41, 5.74) is 1.80. The number of ether oxygens (including phenoxy) is 1. The zero-order valence-electron chi connectivity index (χ0n) is 16.5. The number of anilines is 1. The molecule has 0 atom stereocenters. The van der Waals surface area contributed by atoms with Gasteiger partial charge in [0, 0.05) is 22.7 Å². The smallest absolute Gasteiger partial charge is 0.333 e. The van der Waals surface area contributed by atoms with E-state index in [0.29, 0.717) is 22.0 Å². The third kappa shape index (κ3) is 4.45. The van der Waals surface area contributed by atoms with E-state index in [9.17, 15) is 19.7 Å². The highest BCUT2D eigenvalue weighted by molar-refractivity contribution is 6.32. The van der Waals surface area contributed by atoms with Gasteiger partial charge in [-0.2, -0.15) is 0 Å². The molecule has 0 aromatic heterocycles. The third-order valence-corrected chi connectivity index (χ3v) is 4.94. The zero-order valence-corrected chi connectivity index (χ0v) is 17.3. The van der Waals surface area contributed by atoms with Gasteiger partial charge in [0.25, 0.3) is 11.6 Å². The van der Waals surface area contributed by atoms with Gasteiger partial charge < -0.3 is 10.1 Å². The van der Waals surface area contributed by atoms with Crippen LogP contribution in [0.1, 0.15) is 11.1 Å². The van der Waals surface area contributed by atoms with Gasteiger partial charge in [0.15, 0.2) is 0 Å². The van der Waals surface area contributed by atoms with Gasteiger partial charge >= 0.3 is 6.03 Å². The quantitative estimate of drug-likeness (QED) is 0.249. The first kappa shape index (κ1) is 21.1. The van der Waals surface area contributed by atoms with Crippen LogP contribution >= 0.6 is 11.6 Å². The van der Waals surface area contributed by atoms with Crippen LogP contribution in [0.15, 0.2) is 78.5 Å². The summed E-state index contributed by atoms with van der Waals surface area (Å²) < 4.78 is 5.85. The highest BCUT2D eigenvalue weighted by Gasteiger charge is 2.35. The van der Waals surface area contributed by atoms with Crippen molar-refractivity contribution < 1.29 is 19.2 Å². The van der Waals surface area contributed by atoms with Gasteiger partial charge in [0.2, 0.25) is 0 Å². The number of amides is 3. The van der Waals surface area contributed by atoms with Crippen molar-refractivity contribution in [2.24, 2.45) is 0 Å². The Morgan fingerprint density at radius 1 is 1.03 bits per heavy atom. The van der Waals surface area contributed by atoms with Crippen LogP contribution in [0.25, 0.3) is 6.08 Å². The first-order chi connectivity index (χ1) is 15.4. The number of hydrogen-bond donors (Lipinski definition) is 1. The minimum absolute atomic E-state index is 0.00127. The molecule has 1 aliphatic rings. The molecular formula is C23H16ClN3O5. The number of hydrogen-bond acceptors (Lipinski definition) is 5. The molecule has 0 saturated carbocycles. The number of nitrogens with one attached hydrogen (secondary N) is 1. The lowest BCUT2D eigenvalue weighted by atomic mass is 10.1. The van der Waals surface area contributed by atoms with Crippen LogP contribution in [-0.2, 0) is 11.4 Å². The molecule has 1 saturated heterocycles. The van der Waals surface area contributed by atoms with E-state index < -0.39 is 16.9 Å². The predicted molar refractivity (Wildman–Crippen MR) is 119 cm³/mol. The molecule has 1 fully saturated rings. The summed E-state index contributed by atoms with van der Waals surface area (Å²) in [4.78, 5) is 36.6. The van der Waals surface area contributed by atoms with Crippen molar-refractivity contribution in [3.05, 3.63) is 105 Å². The number of imide groups is 1. The van der Waals surface area contributed by atoms with Gasteiger partial charge in [0.05, 0.1) is 10.6 Å². The maximum Gasteiger partial charge on any atom is 0.333 e. The second-order valence-electron chi connectivity index (χ2n) is 6.86. The summed E-state index contributed by atoms with van der Waals surface area (Å²) in [6.45, 7) is 0.174. The highest BCUT2D eigenvalue weighted by Crippen LogP contribution is 2.27. The van der Waals surface area contributed by atoms with E-state index in [-0.39, 0.29) is 18.0 Å². The number of nitro benzene ring substituents is 1. The molecule has 8 nitrogen and oxygen atoms in total. The number of carbonyl (C=O) groups is 2. The highest BCUT2D eigenvalue weighted by atomic mass is 35.5. The lowest BCUT2D eigenvalue weighted by Gasteiger charge is -2.12. The van der Waals surface area contributed by atoms with Gasteiger partial charge in [-0.05, 0) is 48.0 Å². The number of para-hydroxylation sites is 1. The first-order valence-electron chi connectivity index (χ1n) is 9.50. The number of halogens is 1. The molecule has 0 spiro atoms. The van der Waals surface area contributed by atoms with Crippen molar-refractivity contribution in [2.45, 2.75) is 6.61 Å². The SMILES string of the molecule is O=C1N/C(=C/c2ccccc2OCc2ccc([N+](=O)[O-])cc2)C(=O)N1c1cccc(Cl)c1. The summed E-state index contributed by atoms with van der Waals surface area (Å²) in [5, 5.41) is 13.8. The summed E-state index contributed by atoms with van der Waals surface area (Å²) >= 11 is 5.98. The van der Waals surface area contributed by atoms with E-state index in [1.54, 1.807) is 54.6 Å². The van der Waals surface area contributed by atoms with Crippen LogP contribution in [0, 0.1) is 10.1 Å². The Hall–Kier alpha value is -4.17. The molecule has 0 bridgehead atoms. The molecular weight excluding hydrogens is 434 g/mol. The largest absolute Gasteiger partial charge is 0.488 e. The average Bonchev–Trinajstić information content (AvgIpc) is 3.06. The summed E-state index contributed by atoms with van der Waals surface area (Å²) in [5.74, 6) is -0.0240. The van der Waals surface area contributed by atoms with Crippen molar-refractivity contribution >= 4 is 41.0 Å². The normalized spacial score (nSPS) is 14.5. The van der Waals surface area contributed by atoms with Crippen molar-refractivity contribution in [3.8, 4) is 5.75 Å². The van der Waals surface area contributed by atoms with Crippen molar-refractivity contribution in [1.29, 1.82) is 0 Å². The predicted octanol–water partition coefficient (Wildman–Crippen LogP) is 4.92. The third-order valence-electron chi connectivity index (χ3n) is 4.70. The summed E-state index contributed by atoms with van der Waals surface area (Å²) in [7, 11) is 0. The maximum atomic E-state index is 12.8. The van der Waals surface area contributed by atoms with Crippen LogP contribution < -0.4 is 15.0 Å². The number of nitrogens with zero attached hydrogens (tertiary/aromatic N) is 2.